The van der Waals surface area contributed by atoms with Gasteiger partial charge >= 0.3 is 5.91 Å². The lowest BCUT2D eigenvalue weighted by Crippen LogP contribution is -2.16. The van der Waals surface area contributed by atoms with Crippen molar-refractivity contribution in [3.8, 4) is 17.2 Å². The molecule has 0 saturated carbocycles. The highest BCUT2D eigenvalue weighted by atomic mass is 16.7. The Kier molecular flexibility index (Phi) is 4.98. The predicted octanol–water partition coefficient (Wildman–Crippen LogP) is 4.50. The Bertz CT molecular complexity index is 1240. The number of carbonyl (C=O) groups is 1. The van der Waals surface area contributed by atoms with E-state index in [1.54, 1.807) is 6.07 Å². The molecule has 5 rings (SSSR count). The van der Waals surface area contributed by atoms with E-state index >= 15 is 0 Å². The second-order valence-electron chi connectivity index (χ2n) is 6.86. The molecule has 1 aliphatic rings. The molecule has 7 heteroatoms. The highest BCUT2D eigenvalue weighted by molar-refractivity contribution is 5.96. The van der Waals surface area contributed by atoms with Gasteiger partial charge in [-0.1, -0.05) is 36.4 Å². The van der Waals surface area contributed by atoms with Crippen molar-refractivity contribution in [1.29, 1.82) is 0 Å². The number of furan rings is 1. The molecule has 0 bridgehead atoms. The maximum Gasteiger partial charge on any atom is 0.307 e. The summed E-state index contributed by atoms with van der Waals surface area (Å²) in [5, 5.41) is 4.91. The molecular weight excluding hydrogens is 396 g/mol. The van der Waals surface area contributed by atoms with Crippen molar-refractivity contribution in [1.82, 2.24) is 5.43 Å². The third-order valence-corrected chi connectivity index (χ3v) is 4.77. The van der Waals surface area contributed by atoms with Crippen LogP contribution in [0.5, 0.6) is 17.2 Å². The Hall–Kier alpha value is -4.26. The summed E-state index contributed by atoms with van der Waals surface area (Å²) < 4.78 is 22.2. The Morgan fingerprint density at radius 3 is 2.77 bits per heavy atom. The van der Waals surface area contributed by atoms with Gasteiger partial charge in [0.15, 0.2) is 17.3 Å². The predicted molar refractivity (Wildman–Crippen MR) is 115 cm³/mol. The molecule has 1 N–H and O–H groups in total. The molecule has 31 heavy (non-hydrogen) atoms. The molecule has 0 saturated heterocycles. The van der Waals surface area contributed by atoms with Gasteiger partial charge in [-0.2, -0.15) is 5.10 Å². The van der Waals surface area contributed by atoms with Gasteiger partial charge in [-0.25, -0.2) is 5.43 Å². The van der Waals surface area contributed by atoms with Crippen LogP contribution >= 0.6 is 0 Å². The first-order valence-electron chi connectivity index (χ1n) is 9.68. The lowest BCUT2D eigenvalue weighted by atomic mass is 10.2. The van der Waals surface area contributed by atoms with Gasteiger partial charge in [-0.15, -0.1) is 0 Å². The van der Waals surface area contributed by atoms with Crippen molar-refractivity contribution in [2.45, 2.75) is 6.61 Å². The van der Waals surface area contributed by atoms with Crippen molar-refractivity contribution in [3.63, 3.8) is 0 Å². The highest BCUT2D eigenvalue weighted by Crippen LogP contribution is 2.32. The summed E-state index contributed by atoms with van der Waals surface area (Å²) in [6, 6.07) is 22.2. The summed E-state index contributed by atoms with van der Waals surface area (Å²) in [5.41, 5.74) is 4.82. The van der Waals surface area contributed by atoms with Crippen LogP contribution in [0.1, 0.15) is 21.7 Å². The van der Waals surface area contributed by atoms with Gasteiger partial charge in [-0.05, 0) is 42.0 Å². The zero-order chi connectivity index (χ0) is 21.0. The number of amides is 1. The van der Waals surface area contributed by atoms with E-state index in [9.17, 15) is 4.79 Å². The second kappa shape index (κ2) is 8.23. The minimum atomic E-state index is -0.425. The molecule has 4 aromatic rings. The fourth-order valence-corrected chi connectivity index (χ4v) is 3.22. The number of hydrogen-bond donors (Lipinski definition) is 1. The number of nitrogens with one attached hydrogen (secondary N) is 1. The van der Waals surface area contributed by atoms with Crippen molar-refractivity contribution < 1.29 is 23.4 Å². The Morgan fingerprint density at radius 2 is 1.84 bits per heavy atom. The Labute approximate surface area is 177 Å². The van der Waals surface area contributed by atoms with Crippen LogP contribution in [0.4, 0.5) is 0 Å². The highest BCUT2D eigenvalue weighted by Gasteiger charge is 2.14. The largest absolute Gasteiger partial charge is 0.488 e. The van der Waals surface area contributed by atoms with Gasteiger partial charge in [-0.3, -0.25) is 4.79 Å². The number of hydrogen-bond acceptors (Lipinski definition) is 6. The lowest BCUT2D eigenvalue weighted by Gasteiger charge is -2.09. The third-order valence-electron chi connectivity index (χ3n) is 4.77. The van der Waals surface area contributed by atoms with Gasteiger partial charge in [0.25, 0.3) is 0 Å². The average Bonchev–Trinajstić information content (AvgIpc) is 3.45. The number of nitrogens with zero attached hydrogens (tertiary/aromatic N) is 1. The van der Waals surface area contributed by atoms with E-state index in [0.717, 1.165) is 22.3 Å². The molecule has 0 aliphatic carbocycles. The summed E-state index contributed by atoms with van der Waals surface area (Å²) >= 11 is 0. The SMILES string of the molecule is O=C(N/N=C/c1ccccc1OCc1ccc2c(c1)OCO2)c1cc2ccccc2o1. The lowest BCUT2D eigenvalue weighted by molar-refractivity contribution is 0.0929. The smallest absolute Gasteiger partial charge is 0.307 e. The molecule has 1 aromatic heterocycles. The maximum atomic E-state index is 12.3. The van der Waals surface area contributed by atoms with Crippen molar-refractivity contribution in [2.24, 2.45) is 5.10 Å². The monoisotopic (exact) mass is 414 g/mol. The first-order chi connectivity index (χ1) is 15.3. The number of rotatable bonds is 6. The number of ether oxygens (including phenoxy) is 3. The minimum absolute atomic E-state index is 0.200. The molecule has 2 heterocycles. The number of benzene rings is 3. The van der Waals surface area contributed by atoms with Gasteiger partial charge < -0.3 is 18.6 Å². The number of fused-ring (bicyclic) bond motifs is 2. The molecule has 1 aliphatic heterocycles. The molecule has 0 fully saturated rings. The molecule has 0 spiro atoms. The van der Waals surface area contributed by atoms with Crippen molar-refractivity contribution in [3.05, 3.63) is 89.7 Å². The summed E-state index contributed by atoms with van der Waals surface area (Å²) in [5.74, 6) is 1.86. The number of carbonyl (C=O) groups excluding carboxylic acids is 1. The van der Waals surface area contributed by atoms with E-state index in [0.29, 0.717) is 23.7 Å². The first kappa shape index (κ1) is 18.7. The third kappa shape index (κ3) is 4.06. The standard InChI is InChI=1S/C24H18N2O5/c27-24(23-12-17-5-1-4-8-20(17)31-23)26-25-13-18-6-2-3-7-19(18)28-14-16-9-10-21-22(11-16)30-15-29-21/h1-13H,14-15H2,(H,26,27)/b25-13+. The topological polar surface area (TPSA) is 82.3 Å². The van der Waals surface area contributed by atoms with Crippen molar-refractivity contribution in [2.75, 3.05) is 6.79 Å². The molecule has 0 unspecified atom stereocenters. The fraction of sp³-hybridized carbons (Fsp3) is 0.0833. The van der Waals surface area contributed by atoms with Crippen LogP contribution in [0.3, 0.4) is 0 Å². The molecule has 1 amide bonds. The van der Waals surface area contributed by atoms with Crippen molar-refractivity contribution >= 4 is 23.1 Å². The zero-order valence-electron chi connectivity index (χ0n) is 16.4. The summed E-state index contributed by atoms with van der Waals surface area (Å²) in [4.78, 5) is 12.3. The quantitative estimate of drug-likeness (QED) is 0.371. The maximum absolute atomic E-state index is 12.3. The zero-order valence-corrected chi connectivity index (χ0v) is 16.4. The fourth-order valence-electron chi connectivity index (χ4n) is 3.22. The molecular formula is C24H18N2O5. The van der Waals surface area contributed by atoms with E-state index in [-0.39, 0.29) is 12.6 Å². The molecule has 0 radical (unpaired) electrons. The van der Waals surface area contributed by atoms with E-state index in [2.05, 4.69) is 10.5 Å². The average molecular weight is 414 g/mol. The van der Waals surface area contributed by atoms with Crippen LogP contribution in [-0.4, -0.2) is 18.9 Å². The van der Waals surface area contributed by atoms with Gasteiger partial charge in [0, 0.05) is 10.9 Å². The van der Waals surface area contributed by atoms with E-state index < -0.39 is 5.91 Å². The van der Waals surface area contributed by atoms with Gasteiger partial charge in [0.05, 0.1) is 6.21 Å². The van der Waals surface area contributed by atoms with Crippen LogP contribution in [0.15, 0.2) is 82.3 Å². The summed E-state index contributed by atoms with van der Waals surface area (Å²) in [6.45, 7) is 0.589. The summed E-state index contributed by atoms with van der Waals surface area (Å²) in [7, 11) is 0. The molecule has 3 aromatic carbocycles. The van der Waals surface area contributed by atoms with E-state index in [1.165, 1.54) is 6.21 Å². The molecule has 154 valence electrons. The van der Waals surface area contributed by atoms with Gasteiger partial charge in [0.1, 0.15) is 17.9 Å². The number of para-hydroxylation sites is 2. The van der Waals surface area contributed by atoms with Gasteiger partial charge in [0.2, 0.25) is 6.79 Å². The summed E-state index contributed by atoms with van der Waals surface area (Å²) in [6.07, 6.45) is 1.54. The van der Waals surface area contributed by atoms with Crippen LogP contribution < -0.4 is 19.6 Å². The van der Waals surface area contributed by atoms with E-state index in [4.69, 9.17) is 18.6 Å². The van der Waals surface area contributed by atoms with Crippen LogP contribution in [0, 0.1) is 0 Å². The molecule has 7 nitrogen and oxygen atoms in total. The van der Waals surface area contributed by atoms with Crippen LogP contribution in [0.25, 0.3) is 11.0 Å². The minimum Gasteiger partial charge on any atom is -0.488 e. The normalized spacial score (nSPS) is 12.4. The second-order valence-corrected chi connectivity index (χ2v) is 6.86. The Morgan fingerprint density at radius 1 is 1.00 bits per heavy atom. The molecule has 0 atom stereocenters. The number of hydrazone groups is 1. The van der Waals surface area contributed by atoms with Crippen LogP contribution in [-0.2, 0) is 6.61 Å². The Balaban J connectivity index is 1.24. The van der Waals surface area contributed by atoms with Crippen LogP contribution in [0.2, 0.25) is 0 Å². The first-order valence-corrected chi connectivity index (χ1v) is 9.68. The van der Waals surface area contributed by atoms with E-state index in [1.807, 2.05) is 66.7 Å².